The smallest absolute Gasteiger partial charge is 0.0701 e. The summed E-state index contributed by atoms with van der Waals surface area (Å²) in [4.78, 5) is 9.36. The van der Waals surface area contributed by atoms with Gasteiger partial charge in [0.1, 0.15) is 0 Å². The van der Waals surface area contributed by atoms with Crippen molar-refractivity contribution in [3.8, 4) is 11.3 Å². The van der Waals surface area contributed by atoms with Crippen LogP contribution in [0.3, 0.4) is 0 Å². The molecule has 3 aromatic rings. The molecule has 25 heavy (non-hydrogen) atoms. The number of aryl methyl sites for hydroxylation is 1. The topological polar surface area (TPSA) is 19.4 Å². The van der Waals surface area contributed by atoms with E-state index in [0.29, 0.717) is 0 Å². The molecule has 1 aliphatic heterocycles. The van der Waals surface area contributed by atoms with Gasteiger partial charge in [-0.25, -0.2) is 0 Å². The van der Waals surface area contributed by atoms with Crippen molar-refractivity contribution >= 4 is 11.4 Å². The normalized spacial score (nSPS) is 14.6. The van der Waals surface area contributed by atoms with Gasteiger partial charge in [0, 0.05) is 49.3 Å². The maximum atomic E-state index is 4.42. The second-order valence-electron chi connectivity index (χ2n) is 6.57. The molecule has 0 N–H and O–H groups in total. The summed E-state index contributed by atoms with van der Waals surface area (Å²) in [6, 6.07) is 23.6. The summed E-state index contributed by atoms with van der Waals surface area (Å²) in [6.45, 7) is 6.36. The number of piperazine rings is 1. The van der Waals surface area contributed by atoms with Crippen molar-refractivity contribution in [2.24, 2.45) is 0 Å². The zero-order valence-corrected chi connectivity index (χ0v) is 14.6. The number of benzene rings is 2. The fourth-order valence-electron chi connectivity index (χ4n) is 3.35. The van der Waals surface area contributed by atoms with Crippen LogP contribution in [0.4, 0.5) is 11.4 Å². The van der Waals surface area contributed by atoms with E-state index in [1.54, 1.807) is 0 Å². The van der Waals surface area contributed by atoms with E-state index < -0.39 is 0 Å². The molecule has 0 radical (unpaired) electrons. The quantitative estimate of drug-likeness (QED) is 0.711. The third-order valence-corrected chi connectivity index (χ3v) is 4.87. The van der Waals surface area contributed by atoms with Gasteiger partial charge in [0.15, 0.2) is 0 Å². The molecule has 0 bridgehead atoms. The summed E-state index contributed by atoms with van der Waals surface area (Å²) >= 11 is 0. The van der Waals surface area contributed by atoms with Gasteiger partial charge in [0.05, 0.1) is 5.69 Å². The Kier molecular flexibility index (Phi) is 4.38. The lowest BCUT2D eigenvalue weighted by Gasteiger charge is -2.37. The highest BCUT2D eigenvalue weighted by molar-refractivity contribution is 5.63. The number of pyridine rings is 1. The van der Waals surface area contributed by atoms with E-state index in [1.165, 1.54) is 22.5 Å². The van der Waals surface area contributed by atoms with Gasteiger partial charge in [-0.1, -0.05) is 35.9 Å². The molecule has 126 valence electrons. The SMILES string of the molecule is Cc1ccc(N2CCN(c3ccc(-c4ccccn4)cc3)CC2)cc1. The third kappa shape index (κ3) is 3.50. The lowest BCUT2D eigenvalue weighted by atomic mass is 10.1. The molecule has 4 rings (SSSR count). The van der Waals surface area contributed by atoms with Gasteiger partial charge in [-0.05, 0) is 43.3 Å². The van der Waals surface area contributed by atoms with Crippen LogP contribution >= 0.6 is 0 Å². The van der Waals surface area contributed by atoms with Gasteiger partial charge in [0.25, 0.3) is 0 Å². The van der Waals surface area contributed by atoms with Gasteiger partial charge in [0.2, 0.25) is 0 Å². The summed E-state index contributed by atoms with van der Waals surface area (Å²) in [7, 11) is 0. The van der Waals surface area contributed by atoms with E-state index >= 15 is 0 Å². The standard InChI is InChI=1S/C22H23N3/c1-18-5-9-20(10-6-18)24-14-16-25(17-15-24)21-11-7-19(8-12-21)22-4-2-3-13-23-22/h2-13H,14-17H2,1H3. The molecule has 0 atom stereocenters. The molecular formula is C22H23N3. The van der Waals surface area contributed by atoms with Crippen molar-refractivity contribution in [2.75, 3.05) is 36.0 Å². The summed E-state index contributed by atoms with van der Waals surface area (Å²) in [6.07, 6.45) is 1.84. The second kappa shape index (κ2) is 6.98. The molecule has 3 heteroatoms. The monoisotopic (exact) mass is 329 g/mol. The predicted molar refractivity (Wildman–Crippen MR) is 105 cm³/mol. The Morgan fingerprint density at radius 1 is 0.680 bits per heavy atom. The maximum Gasteiger partial charge on any atom is 0.0701 e. The minimum atomic E-state index is 1.03. The Morgan fingerprint density at radius 3 is 1.76 bits per heavy atom. The Bertz CT molecular complexity index is 802. The summed E-state index contributed by atoms with van der Waals surface area (Å²) < 4.78 is 0. The van der Waals surface area contributed by atoms with Crippen molar-refractivity contribution in [2.45, 2.75) is 6.92 Å². The molecule has 0 aliphatic carbocycles. The molecule has 1 aliphatic rings. The van der Waals surface area contributed by atoms with E-state index in [-0.39, 0.29) is 0 Å². The van der Waals surface area contributed by atoms with E-state index in [4.69, 9.17) is 0 Å². The first-order valence-electron chi connectivity index (χ1n) is 8.88. The minimum absolute atomic E-state index is 1.03. The largest absolute Gasteiger partial charge is 0.368 e. The van der Waals surface area contributed by atoms with Gasteiger partial charge < -0.3 is 9.80 Å². The molecule has 1 saturated heterocycles. The lowest BCUT2D eigenvalue weighted by Crippen LogP contribution is -2.46. The van der Waals surface area contributed by atoms with Crippen molar-refractivity contribution in [3.05, 3.63) is 78.5 Å². The van der Waals surface area contributed by atoms with Crippen LogP contribution in [0.25, 0.3) is 11.3 Å². The van der Waals surface area contributed by atoms with Crippen molar-refractivity contribution in [3.63, 3.8) is 0 Å². The van der Waals surface area contributed by atoms with Gasteiger partial charge in [-0.3, -0.25) is 4.98 Å². The van der Waals surface area contributed by atoms with Gasteiger partial charge in [-0.2, -0.15) is 0 Å². The number of aromatic nitrogens is 1. The predicted octanol–water partition coefficient (Wildman–Crippen LogP) is 4.38. The van der Waals surface area contributed by atoms with Crippen LogP contribution in [0.2, 0.25) is 0 Å². The van der Waals surface area contributed by atoms with Crippen LogP contribution in [0, 0.1) is 6.92 Å². The molecule has 1 fully saturated rings. The molecule has 0 amide bonds. The fraction of sp³-hybridized carbons (Fsp3) is 0.227. The molecule has 3 nitrogen and oxygen atoms in total. The summed E-state index contributed by atoms with van der Waals surface area (Å²) in [5.74, 6) is 0. The minimum Gasteiger partial charge on any atom is -0.368 e. The van der Waals surface area contributed by atoms with Crippen LogP contribution in [-0.4, -0.2) is 31.2 Å². The summed E-state index contributed by atoms with van der Waals surface area (Å²) in [5.41, 5.74) is 6.13. The van der Waals surface area contributed by atoms with Crippen LogP contribution in [-0.2, 0) is 0 Å². The number of hydrogen-bond donors (Lipinski definition) is 0. The van der Waals surface area contributed by atoms with Crippen LogP contribution in [0.15, 0.2) is 72.9 Å². The molecular weight excluding hydrogens is 306 g/mol. The van der Waals surface area contributed by atoms with E-state index in [9.17, 15) is 0 Å². The average Bonchev–Trinajstić information content (AvgIpc) is 2.70. The van der Waals surface area contributed by atoms with Crippen molar-refractivity contribution < 1.29 is 0 Å². The highest BCUT2D eigenvalue weighted by Crippen LogP contribution is 2.24. The first-order valence-corrected chi connectivity index (χ1v) is 8.88. The number of nitrogens with zero attached hydrogens (tertiary/aromatic N) is 3. The first-order chi connectivity index (χ1) is 12.3. The number of anilines is 2. The van der Waals surface area contributed by atoms with Crippen molar-refractivity contribution in [1.82, 2.24) is 4.98 Å². The Hall–Kier alpha value is -2.81. The molecule has 0 spiro atoms. The molecule has 1 aromatic heterocycles. The Morgan fingerprint density at radius 2 is 1.24 bits per heavy atom. The van der Waals surface area contributed by atoms with Crippen LogP contribution < -0.4 is 9.80 Å². The Balaban J connectivity index is 1.41. The molecule has 0 saturated carbocycles. The third-order valence-electron chi connectivity index (χ3n) is 4.87. The van der Waals surface area contributed by atoms with E-state index in [0.717, 1.165) is 31.9 Å². The Labute approximate surface area is 149 Å². The highest BCUT2D eigenvalue weighted by atomic mass is 15.3. The van der Waals surface area contributed by atoms with Gasteiger partial charge in [-0.15, -0.1) is 0 Å². The number of rotatable bonds is 3. The van der Waals surface area contributed by atoms with E-state index in [2.05, 4.69) is 76.3 Å². The first kappa shape index (κ1) is 15.7. The van der Waals surface area contributed by atoms with Gasteiger partial charge >= 0.3 is 0 Å². The highest BCUT2D eigenvalue weighted by Gasteiger charge is 2.17. The molecule has 2 aromatic carbocycles. The fourth-order valence-corrected chi connectivity index (χ4v) is 3.35. The van der Waals surface area contributed by atoms with Crippen molar-refractivity contribution in [1.29, 1.82) is 0 Å². The summed E-state index contributed by atoms with van der Waals surface area (Å²) in [5, 5.41) is 0. The maximum absolute atomic E-state index is 4.42. The molecule has 0 unspecified atom stereocenters. The average molecular weight is 329 g/mol. The zero-order chi connectivity index (χ0) is 17.1. The number of hydrogen-bond acceptors (Lipinski definition) is 3. The second-order valence-corrected chi connectivity index (χ2v) is 6.57. The van der Waals surface area contributed by atoms with E-state index in [1.807, 2.05) is 18.3 Å². The molecule has 2 heterocycles. The van der Waals surface area contributed by atoms with Crippen LogP contribution in [0.5, 0.6) is 0 Å². The van der Waals surface area contributed by atoms with Crippen LogP contribution in [0.1, 0.15) is 5.56 Å². The zero-order valence-electron chi connectivity index (χ0n) is 14.6. The lowest BCUT2D eigenvalue weighted by molar-refractivity contribution is 0.653.